The second-order valence-corrected chi connectivity index (χ2v) is 10.7. The van der Waals surface area contributed by atoms with Gasteiger partial charge in [0.05, 0.1) is 11.0 Å². The quantitative estimate of drug-likeness (QED) is 0.201. The highest BCUT2D eigenvalue weighted by molar-refractivity contribution is 6.18. The summed E-state index contributed by atoms with van der Waals surface area (Å²) in [5, 5.41) is 1.76. The van der Waals surface area contributed by atoms with Crippen LogP contribution in [0.25, 0.3) is 27.5 Å². The molecule has 200 valence electrons. The minimum absolute atomic E-state index is 0.00712. The lowest BCUT2D eigenvalue weighted by Gasteiger charge is -2.11. The smallest absolute Gasteiger partial charge is 0.193 e. The zero-order valence-electron chi connectivity index (χ0n) is 23.5. The zero-order valence-corrected chi connectivity index (χ0v) is 23.5. The fraction of sp³-hybridized carbons (Fsp3) is 0.108. The Morgan fingerprint density at radius 1 is 0.537 bits per heavy atom. The molecule has 0 fully saturated rings. The normalized spacial score (nSPS) is 11.2. The maximum Gasteiger partial charge on any atom is 0.193 e. The number of nitrogens with zero attached hydrogens (tertiary/aromatic N) is 1. The fourth-order valence-corrected chi connectivity index (χ4v) is 5.87. The molecular weight excluding hydrogens is 506 g/mol. The molecule has 6 aromatic rings. The Bertz CT molecular complexity index is 1990. The van der Waals surface area contributed by atoms with Crippen molar-refractivity contribution < 1.29 is 14.4 Å². The van der Waals surface area contributed by atoms with Crippen LogP contribution < -0.4 is 0 Å². The van der Waals surface area contributed by atoms with E-state index in [-0.39, 0.29) is 17.3 Å². The topological polar surface area (TPSA) is 56.1 Å². The van der Waals surface area contributed by atoms with Crippen LogP contribution in [0.5, 0.6) is 0 Å². The summed E-state index contributed by atoms with van der Waals surface area (Å²) in [5.41, 5.74) is 8.91. The largest absolute Gasteiger partial charge is 0.309 e. The molecule has 0 bridgehead atoms. The third kappa shape index (κ3) is 4.57. The predicted molar refractivity (Wildman–Crippen MR) is 165 cm³/mol. The van der Waals surface area contributed by atoms with Gasteiger partial charge >= 0.3 is 0 Å². The van der Waals surface area contributed by atoms with E-state index in [4.69, 9.17) is 0 Å². The Morgan fingerprint density at radius 2 is 1.05 bits per heavy atom. The Hall–Kier alpha value is -5.09. The number of Topliss-reactive ketones (excluding diaryl/α,β-unsaturated/α-hetero) is 1. The molecule has 0 spiro atoms. The molecule has 0 unspecified atom stereocenters. The van der Waals surface area contributed by atoms with E-state index in [0.29, 0.717) is 22.3 Å². The Morgan fingerprint density at radius 3 is 1.59 bits per heavy atom. The van der Waals surface area contributed by atoms with Gasteiger partial charge in [-0.2, -0.15) is 0 Å². The number of carbonyl (C=O) groups is 3. The molecule has 0 saturated carbocycles. The number of aromatic nitrogens is 1. The monoisotopic (exact) mass is 535 g/mol. The highest BCUT2D eigenvalue weighted by atomic mass is 16.1. The van der Waals surface area contributed by atoms with Crippen molar-refractivity contribution in [3.63, 3.8) is 0 Å². The number of carbonyl (C=O) groups excluding carboxylic acids is 3. The molecule has 4 heteroatoms. The van der Waals surface area contributed by atoms with Crippen LogP contribution in [0.4, 0.5) is 0 Å². The maximum atomic E-state index is 13.8. The molecule has 6 rings (SSSR count). The zero-order chi connectivity index (χ0) is 28.8. The molecule has 0 aliphatic rings. The number of hydrogen-bond acceptors (Lipinski definition) is 3. The van der Waals surface area contributed by atoms with E-state index in [1.807, 2.05) is 124 Å². The summed E-state index contributed by atoms with van der Waals surface area (Å²) in [7, 11) is 0. The number of aryl methyl sites for hydroxylation is 3. The summed E-state index contributed by atoms with van der Waals surface area (Å²) in [6.07, 6.45) is 0. The van der Waals surface area contributed by atoms with Crippen LogP contribution in [-0.4, -0.2) is 21.9 Å². The Balaban J connectivity index is 1.58. The lowest BCUT2D eigenvalue weighted by Crippen LogP contribution is -2.07. The number of ketones is 3. The summed E-state index contributed by atoms with van der Waals surface area (Å²) in [6.45, 7) is 7.54. The second kappa shape index (κ2) is 10.1. The molecule has 5 aromatic carbocycles. The number of fused-ring (bicyclic) bond motifs is 3. The molecule has 0 amide bonds. The number of benzene rings is 5. The SMILES string of the molecule is CC(=O)c1ccc(-n2c3ccc(C(=O)c4ccccc4)cc3c3cc(C(=O)c4c(C)cc(C)cc4C)ccc32)cc1. The molecule has 1 heterocycles. The van der Waals surface area contributed by atoms with Crippen LogP contribution in [0.15, 0.2) is 103 Å². The molecule has 4 nitrogen and oxygen atoms in total. The van der Waals surface area contributed by atoms with Crippen LogP contribution in [0.3, 0.4) is 0 Å². The van der Waals surface area contributed by atoms with Crippen molar-refractivity contribution in [2.24, 2.45) is 0 Å². The molecule has 1 aromatic heterocycles. The van der Waals surface area contributed by atoms with E-state index in [1.54, 1.807) is 6.92 Å². The molecule has 41 heavy (non-hydrogen) atoms. The molecule has 0 aliphatic heterocycles. The van der Waals surface area contributed by atoms with E-state index >= 15 is 0 Å². The van der Waals surface area contributed by atoms with E-state index in [9.17, 15) is 14.4 Å². The van der Waals surface area contributed by atoms with Crippen LogP contribution in [0.1, 0.15) is 65.8 Å². The molecule has 0 aliphatic carbocycles. The highest BCUT2D eigenvalue weighted by Crippen LogP contribution is 2.35. The van der Waals surface area contributed by atoms with Gasteiger partial charge in [-0.3, -0.25) is 14.4 Å². The molecule has 0 saturated heterocycles. The molecule has 0 N–H and O–H groups in total. The van der Waals surface area contributed by atoms with Crippen molar-refractivity contribution in [1.82, 2.24) is 4.57 Å². The van der Waals surface area contributed by atoms with Crippen molar-refractivity contribution in [3.8, 4) is 5.69 Å². The summed E-state index contributed by atoms with van der Waals surface area (Å²) in [4.78, 5) is 39.1. The van der Waals surface area contributed by atoms with Gasteiger partial charge in [-0.05, 0) is 99.5 Å². The van der Waals surface area contributed by atoms with Gasteiger partial charge in [0.2, 0.25) is 0 Å². The first kappa shape index (κ1) is 26.1. The lowest BCUT2D eigenvalue weighted by atomic mass is 9.92. The van der Waals surface area contributed by atoms with Crippen molar-refractivity contribution in [2.45, 2.75) is 27.7 Å². The minimum atomic E-state index is -0.0580. The van der Waals surface area contributed by atoms with Crippen LogP contribution in [0.2, 0.25) is 0 Å². The Labute approximate surface area is 238 Å². The average Bonchev–Trinajstić information content (AvgIpc) is 3.29. The summed E-state index contributed by atoms with van der Waals surface area (Å²) < 4.78 is 2.11. The third-order valence-corrected chi connectivity index (χ3v) is 7.76. The average molecular weight is 536 g/mol. The van der Waals surface area contributed by atoms with Gasteiger partial charge in [0.25, 0.3) is 0 Å². The van der Waals surface area contributed by atoms with Gasteiger partial charge in [-0.1, -0.05) is 48.0 Å². The van der Waals surface area contributed by atoms with Crippen molar-refractivity contribution in [1.29, 1.82) is 0 Å². The summed E-state index contributed by atoms with van der Waals surface area (Å²) >= 11 is 0. The van der Waals surface area contributed by atoms with Gasteiger partial charge in [0.1, 0.15) is 0 Å². The number of rotatable bonds is 6. The van der Waals surface area contributed by atoms with E-state index < -0.39 is 0 Å². The molecule has 0 radical (unpaired) electrons. The van der Waals surface area contributed by atoms with Crippen molar-refractivity contribution in [3.05, 3.63) is 148 Å². The summed E-state index contributed by atoms with van der Waals surface area (Å²) in [5.74, 6) is -0.0739. The maximum absolute atomic E-state index is 13.8. The third-order valence-electron chi connectivity index (χ3n) is 7.76. The number of hydrogen-bond donors (Lipinski definition) is 0. The fourth-order valence-electron chi connectivity index (χ4n) is 5.87. The molecule has 0 atom stereocenters. The predicted octanol–water partition coefficient (Wildman–Crippen LogP) is 8.37. The first-order chi connectivity index (χ1) is 19.7. The van der Waals surface area contributed by atoms with E-state index in [1.165, 1.54) is 0 Å². The Kier molecular flexibility index (Phi) is 6.47. The van der Waals surface area contributed by atoms with E-state index in [2.05, 4.69) is 4.57 Å². The highest BCUT2D eigenvalue weighted by Gasteiger charge is 2.20. The van der Waals surface area contributed by atoms with Gasteiger partial charge < -0.3 is 4.57 Å². The lowest BCUT2D eigenvalue weighted by molar-refractivity contribution is 0.101. The summed E-state index contributed by atoms with van der Waals surface area (Å²) in [6, 6.07) is 32.3. The van der Waals surface area contributed by atoms with Crippen LogP contribution >= 0.6 is 0 Å². The van der Waals surface area contributed by atoms with Gasteiger partial charge in [0, 0.05) is 44.3 Å². The van der Waals surface area contributed by atoms with Gasteiger partial charge in [-0.25, -0.2) is 0 Å². The second-order valence-electron chi connectivity index (χ2n) is 10.7. The van der Waals surface area contributed by atoms with Crippen LogP contribution in [-0.2, 0) is 0 Å². The van der Waals surface area contributed by atoms with E-state index in [0.717, 1.165) is 49.7 Å². The van der Waals surface area contributed by atoms with Crippen molar-refractivity contribution >= 4 is 39.2 Å². The van der Waals surface area contributed by atoms with Crippen molar-refractivity contribution in [2.75, 3.05) is 0 Å². The minimum Gasteiger partial charge on any atom is -0.309 e. The standard InChI is InChI=1S/C37H29NO3/c1-22-18-23(2)35(24(3)19-22)37(41)29-13-17-34-32(21-29)31-20-28(36(40)27-8-6-5-7-9-27)12-16-33(31)38(34)30-14-10-26(11-15-30)25(4)39/h5-21H,1-4H3. The van der Waals surface area contributed by atoms with Gasteiger partial charge in [-0.15, -0.1) is 0 Å². The molecular formula is C37H29NO3. The first-order valence-corrected chi connectivity index (χ1v) is 13.6. The first-order valence-electron chi connectivity index (χ1n) is 13.6. The van der Waals surface area contributed by atoms with Crippen LogP contribution in [0, 0.1) is 20.8 Å². The van der Waals surface area contributed by atoms with Gasteiger partial charge in [0.15, 0.2) is 17.3 Å².